The topological polar surface area (TPSA) is 58.4 Å². The maximum absolute atomic E-state index is 12.0. The molecule has 3 N–H and O–H groups in total. The van der Waals surface area contributed by atoms with E-state index in [0.717, 1.165) is 24.3 Å². The van der Waals surface area contributed by atoms with Crippen LogP contribution in [0.1, 0.15) is 33.8 Å². The molecule has 1 fully saturated rings. The van der Waals surface area contributed by atoms with Crippen LogP contribution in [0.4, 0.5) is 5.69 Å². The van der Waals surface area contributed by atoms with E-state index in [4.69, 9.17) is 5.73 Å². The zero-order valence-electron chi connectivity index (χ0n) is 11.2. The highest BCUT2D eigenvalue weighted by Gasteiger charge is 2.39. The number of nitrogens with zero attached hydrogens (tertiary/aromatic N) is 1. The first-order valence-electron chi connectivity index (χ1n) is 6.26. The summed E-state index contributed by atoms with van der Waals surface area (Å²) >= 11 is 1.46. The zero-order valence-corrected chi connectivity index (χ0v) is 12.1. The van der Waals surface area contributed by atoms with Crippen LogP contribution in [-0.4, -0.2) is 37.0 Å². The van der Waals surface area contributed by atoms with Crippen LogP contribution in [0.2, 0.25) is 0 Å². The molecule has 1 aliphatic carbocycles. The molecule has 0 spiro atoms. The van der Waals surface area contributed by atoms with Crippen molar-refractivity contribution in [2.24, 2.45) is 0 Å². The molecule has 0 aromatic carbocycles. The number of likely N-dealkylation sites (N-methyl/N-ethyl adjacent to an activating group) is 1. The summed E-state index contributed by atoms with van der Waals surface area (Å²) in [5.41, 5.74) is 6.63. The van der Waals surface area contributed by atoms with E-state index in [2.05, 4.69) is 24.3 Å². The molecule has 1 amide bonds. The van der Waals surface area contributed by atoms with Gasteiger partial charge in [-0.1, -0.05) is 0 Å². The molecule has 0 saturated heterocycles. The average molecular weight is 267 g/mol. The molecule has 1 aliphatic rings. The Balaban J connectivity index is 1.96. The van der Waals surface area contributed by atoms with Crippen LogP contribution in [0.5, 0.6) is 0 Å². The van der Waals surface area contributed by atoms with E-state index < -0.39 is 0 Å². The number of nitrogen functional groups attached to an aromatic ring is 1. The SMILES string of the molecule is Cc1sc(C(=O)NCC2(N(C)C)CCC2)cc1N. The Labute approximate surface area is 112 Å². The van der Waals surface area contributed by atoms with E-state index in [1.54, 1.807) is 6.07 Å². The first-order chi connectivity index (χ1) is 8.44. The summed E-state index contributed by atoms with van der Waals surface area (Å²) in [5.74, 6) is -0.00655. The predicted octanol–water partition coefficient (Wildman–Crippen LogP) is 1.85. The monoisotopic (exact) mass is 267 g/mol. The highest BCUT2D eigenvalue weighted by molar-refractivity contribution is 7.14. The lowest BCUT2D eigenvalue weighted by Gasteiger charge is -2.47. The van der Waals surface area contributed by atoms with E-state index in [0.29, 0.717) is 10.6 Å². The Morgan fingerprint density at radius 1 is 1.56 bits per heavy atom. The second-order valence-corrected chi connectivity index (χ2v) is 6.53. The Morgan fingerprint density at radius 3 is 2.61 bits per heavy atom. The van der Waals surface area contributed by atoms with Gasteiger partial charge in [0.05, 0.1) is 4.88 Å². The number of carbonyl (C=O) groups excluding carboxylic acids is 1. The van der Waals surface area contributed by atoms with E-state index in [-0.39, 0.29) is 11.4 Å². The predicted molar refractivity (Wildman–Crippen MR) is 76.1 cm³/mol. The largest absolute Gasteiger partial charge is 0.398 e. The molecule has 0 unspecified atom stereocenters. The normalized spacial score (nSPS) is 17.6. The maximum atomic E-state index is 12.0. The van der Waals surface area contributed by atoms with E-state index in [1.165, 1.54) is 17.8 Å². The number of hydrogen-bond donors (Lipinski definition) is 2. The van der Waals surface area contributed by atoms with Crippen LogP contribution in [0.3, 0.4) is 0 Å². The van der Waals surface area contributed by atoms with Gasteiger partial charge in [-0.05, 0) is 46.3 Å². The molecule has 18 heavy (non-hydrogen) atoms. The lowest BCUT2D eigenvalue weighted by Crippen LogP contribution is -2.57. The van der Waals surface area contributed by atoms with Gasteiger partial charge in [0.25, 0.3) is 5.91 Å². The van der Waals surface area contributed by atoms with Crippen molar-refractivity contribution in [3.8, 4) is 0 Å². The van der Waals surface area contributed by atoms with Gasteiger partial charge in [0.1, 0.15) is 0 Å². The molecular formula is C13H21N3OS. The smallest absolute Gasteiger partial charge is 0.261 e. The lowest BCUT2D eigenvalue weighted by molar-refractivity contribution is 0.0559. The molecule has 0 atom stereocenters. The number of carbonyl (C=O) groups is 1. The van der Waals surface area contributed by atoms with Crippen LogP contribution in [0, 0.1) is 6.92 Å². The number of amides is 1. The molecule has 0 aliphatic heterocycles. The van der Waals surface area contributed by atoms with Crippen LogP contribution < -0.4 is 11.1 Å². The summed E-state index contributed by atoms with van der Waals surface area (Å²) in [6.45, 7) is 2.65. The van der Waals surface area contributed by atoms with Crippen molar-refractivity contribution < 1.29 is 4.79 Å². The first kappa shape index (κ1) is 13.4. The second kappa shape index (κ2) is 4.90. The average Bonchev–Trinajstić information content (AvgIpc) is 2.57. The van der Waals surface area contributed by atoms with Crippen LogP contribution >= 0.6 is 11.3 Å². The van der Waals surface area contributed by atoms with Gasteiger partial charge >= 0.3 is 0 Å². The van der Waals surface area contributed by atoms with Gasteiger partial charge in [0, 0.05) is 22.6 Å². The summed E-state index contributed by atoms with van der Waals surface area (Å²) in [6, 6.07) is 1.76. The molecule has 0 radical (unpaired) electrons. The Bertz CT molecular complexity index is 430. The van der Waals surface area contributed by atoms with Gasteiger partial charge in [0.2, 0.25) is 0 Å². The van der Waals surface area contributed by atoms with Gasteiger partial charge in [0.15, 0.2) is 0 Å². The van der Waals surface area contributed by atoms with Crippen LogP contribution in [-0.2, 0) is 0 Å². The van der Waals surface area contributed by atoms with Crippen molar-refractivity contribution in [1.29, 1.82) is 0 Å². The number of aryl methyl sites for hydroxylation is 1. The Morgan fingerprint density at radius 2 is 2.22 bits per heavy atom. The van der Waals surface area contributed by atoms with E-state index >= 15 is 0 Å². The zero-order chi connectivity index (χ0) is 13.3. The summed E-state index contributed by atoms with van der Waals surface area (Å²) in [6.07, 6.45) is 3.57. The standard InChI is InChI=1S/C13H21N3OS/c1-9-10(14)7-11(18-9)12(17)15-8-13(16(2)3)5-4-6-13/h7H,4-6,8,14H2,1-3H3,(H,15,17). The van der Waals surface area contributed by atoms with E-state index in [9.17, 15) is 4.79 Å². The molecule has 1 saturated carbocycles. The summed E-state index contributed by atoms with van der Waals surface area (Å²) in [7, 11) is 4.16. The quantitative estimate of drug-likeness (QED) is 0.875. The molecular weight excluding hydrogens is 246 g/mol. The number of nitrogens with one attached hydrogen (secondary N) is 1. The van der Waals surface area contributed by atoms with Crippen LogP contribution in [0.15, 0.2) is 6.07 Å². The van der Waals surface area contributed by atoms with Gasteiger partial charge < -0.3 is 16.0 Å². The molecule has 1 aromatic rings. The van der Waals surface area contributed by atoms with Crippen molar-refractivity contribution in [3.05, 3.63) is 15.8 Å². The van der Waals surface area contributed by atoms with Crippen molar-refractivity contribution in [1.82, 2.24) is 10.2 Å². The van der Waals surface area contributed by atoms with Gasteiger partial charge in [-0.2, -0.15) is 0 Å². The van der Waals surface area contributed by atoms with Crippen molar-refractivity contribution >= 4 is 22.9 Å². The third-order valence-corrected chi connectivity index (χ3v) is 5.06. The molecule has 5 heteroatoms. The van der Waals surface area contributed by atoms with Crippen molar-refractivity contribution in [2.75, 3.05) is 26.4 Å². The van der Waals surface area contributed by atoms with Gasteiger partial charge in [-0.15, -0.1) is 11.3 Å². The number of nitrogens with two attached hydrogens (primary N) is 1. The number of rotatable bonds is 4. The minimum absolute atomic E-state index is 0.00655. The number of thiophene rings is 1. The molecule has 2 rings (SSSR count). The van der Waals surface area contributed by atoms with Crippen molar-refractivity contribution in [2.45, 2.75) is 31.7 Å². The summed E-state index contributed by atoms with van der Waals surface area (Å²) in [5, 5.41) is 3.04. The van der Waals surface area contributed by atoms with Gasteiger partial charge in [-0.25, -0.2) is 0 Å². The molecule has 4 nitrogen and oxygen atoms in total. The highest BCUT2D eigenvalue weighted by atomic mass is 32.1. The molecule has 100 valence electrons. The number of hydrogen-bond acceptors (Lipinski definition) is 4. The minimum atomic E-state index is -0.00655. The highest BCUT2D eigenvalue weighted by Crippen LogP contribution is 2.35. The fraction of sp³-hybridized carbons (Fsp3) is 0.615. The van der Waals surface area contributed by atoms with Gasteiger partial charge in [-0.3, -0.25) is 4.79 Å². The Hall–Kier alpha value is -1.07. The maximum Gasteiger partial charge on any atom is 0.261 e. The third kappa shape index (κ3) is 2.37. The van der Waals surface area contributed by atoms with Crippen LogP contribution in [0.25, 0.3) is 0 Å². The minimum Gasteiger partial charge on any atom is -0.398 e. The Kier molecular flexibility index (Phi) is 3.64. The van der Waals surface area contributed by atoms with E-state index in [1.807, 2.05) is 6.92 Å². The second-order valence-electron chi connectivity index (χ2n) is 5.28. The summed E-state index contributed by atoms with van der Waals surface area (Å²) < 4.78 is 0. The fourth-order valence-corrected chi connectivity index (χ4v) is 3.16. The van der Waals surface area contributed by atoms with Crippen molar-refractivity contribution in [3.63, 3.8) is 0 Å². The lowest BCUT2D eigenvalue weighted by atomic mass is 9.75. The third-order valence-electron chi connectivity index (χ3n) is 3.99. The summed E-state index contributed by atoms with van der Waals surface area (Å²) in [4.78, 5) is 16.0. The number of anilines is 1. The fourth-order valence-electron chi connectivity index (χ4n) is 2.31. The molecule has 1 aromatic heterocycles. The molecule has 1 heterocycles. The first-order valence-corrected chi connectivity index (χ1v) is 7.08. The molecule has 0 bridgehead atoms.